The normalized spacial score (nSPS) is 13.1. The number of ether oxygens (including phenoxy) is 2. The van der Waals surface area contributed by atoms with Crippen molar-refractivity contribution in [2.45, 2.75) is 39.5 Å². The van der Waals surface area contributed by atoms with Gasteiger partial charge < -0.3 is 14.8 Å². The maximum Gasteiger partial charge on any atom is 0.387 e. The molecule has 5 nitrogen and oxygen atoms in total. The molecule has 2 N–H and O–H groups in total. The van der Waals surface area contributed by atoms with Gasteiger partial charge in [0.1, 0.15) is 11.5 Å². The molecule has 0 spiro atoms. The highest BCUT2D eigenvalue weighted by Gasteiger charge is 2.20. The topological polar surface area (TPSA) is 59.6 Å². The molecule has 2 unspecified atom stereocenters. The fourth-order valence-corrected chi connectivity index (χ4v) is 2.74. The monoisotopic (exact) mass is 378 g/mol. The van der Waals surface area contributed by atoms with Crippen LogP contribution in [0.1, 0.15) is 31.0 Å². The highest BCUT2D eigenvalue weighted by Crippen LogP contribution is 2.27. The molecule has 7 heteroatoms. The summed E-state index contributed by atoms with van der Waals surface area (Å²) < 4.78 is 34.8. The molecule has 0 aromatic heterocycles. The van der Waals surface area contributed by atoms with Crippen LogP contribution in [0.3, 0.4) is 0 Å². The van der Waals surface area contributed by atoms with Crippen molar-refractivity contribution in [2.75, 3.05) is 12.4 Å². The van der Waals surface area contributed by atoms with Gasteiger partial charge in [-0.2, -0.15) is 8.78 Å². The fourth-order valence-electron chi connectivity index (χ4n) is 2.74. The number of amides is 1. The van der Waals surface area contributed by atoms with E-state index in [9.17, 15) is 13.6 Å². The van der Waals surface area contributed by atoms with Crippen LogP contribution in [0.15, 0.2) is 42.5 Å². The first-order valence-corrected chi connectivity index (χ1v) is 8.57. The number of aryl methyl sites for hydroxylation is 1. The van der Waals surface area contributed by atoms with Gasteiger partial charge in [-0.3, -0.25) is 10.1 Å². The summed E-state index contributed by atoms with van der Waals surface area (Å²) in [5, 5.41) is 5.82. The third-order valence-electron chi connectivity index (χ3n) is 4.11. The predicted octanol–water partition coefficient (Wildman–Crippen LogP) is 4.28. The Morgan fingerprint density at radius 3 is 2.44 bits per heavy atom. The summed E-state index contributed by atoms with van der Waals surface area (Å²) in [5.41, 5.74) is 2.20. The molecule has 27 heavy (non-hydrogen) atoms. The number of carbonyl (C=O) groups is 1. The van der Waals surface area contributed by atoms with Crippen LogP contribution in [0.25, 0.3) is 0 Å². The van der Waals surface area contributed by atoms with E-state index in [1.165, 1.54) is 12.1 Å². The summed E-state index contributed by atoms with van der Waals surface area (Å²) in [5.74, 6) is 0.282. The zero-order chi connectivity index (χ0) is 20.0. The fraction of sp³-hybridized carbons (Fsp3) is 0.350. The van der Waals surface area contributed by atoms with E-state index in [0.717, 1.165) is 16.9 Å². The molecular weight excluding hydrogens is 354 g/mol. The highest BCUT2D eigenvalue weighted by atomic mass is 19.3. The lowest BCUT2D eigenvalue weighted by molar-refractivity contribution is -0.118. The number of methoxy groups -OCH3 is 1. The maximum atomic E-state index is 12.5. The summed E-state index contributed by atoms with van der Waals surface area (Å²) in [6, 6.07) is 11.2. The summed E-state index contributed by atoms with van der Waals surface area (Å²) in [4.78, 5) is 12.5. The Bertz CT molecular complexity index is 784. The van der Waals surface area contributed by atoms with Gasteiger partial charge >= 0.3 is 6.61 Å². The Labute approximate surface area is 157 Å². The molecule has 2 atom stereocenters. The first-order chi connectivity index (χ1) is 12.8. The highest BCUT2D eigenvalue weighted by molar-refractivity contribution is 5.95. The van der Waals surface area contributed by atoms with Gasteiger partial charge in [0.15, 0.2) is 0 Å². The largest absolute Gasteiger partial charge is 0.496 e. The number of alkyl halides is 2. The Morgan fingerprint density at radius 1 is 1.07 bits per heavy atom. The minimum atomic E-state index is -2.97. The van der Waals surface area contributed by atoms with Crippen LogP contribution in [-0.4, -0.2) is 25.7 Å². The second-order valence-electron chi connectivity index (χ2n) is 6.22. The van der Waals surface area contributed by atoms with Crippen molar-refractivity contribution < 1.29 is 23.0 Å². The number of carbonyl (C=O) groups excluding carboxylic acids is 1. The first-order valence-electron chi connectivity index (χ1n) is 8.57. The smallest absolute Gasteiger partial charge is 0.387 e. The lowest BCUT2D eigenvalue weighted by Gasteiger charge is -2.22. The van der Waals surface area contributed by atoms with Gasteiger partial charge in [-0.15, -0.1) is 0 Å². The second kappa shape index (κ2) is 9.32. The number of hydrogen-bond donors (Lipinski definition) is 2. The predicted molar refractivity (Wildman–Crippen MR) is 100 cm³/mol. The van der Waals surface area contributed by atoms with E-state index >= 15 is 0 Å². The van der Waals surface area contributed by atoms with E-state index in [2.05, 4.69) is 15.4 Å². The number of para-hydroxylation sites is 2. The van der Waals surface area contributed by atoms with Crippen molar-refractivity contribution in [3.05, 3.63) is 53.6 Å². The molecule has 0 heterocycles. The minimum absolute atomic E-state index is 0.0820. The molecule has 2 rings (SSSR count). The summed E-state index contributed by atoms with van der Waals surface area (Å²) in [6.45, 7) is 2.64. The lowest BCUT2D eigenvalue weighted by Crippen LogP contribution is -2.39. The van der Waals surface area contributed by atoms with Crippen LogP contribution >= 0.6 is 0 Å². The van der Waals surface area contributed by atoms with E-state index in [0.29, 0.717) is 0 Å². The Balaban J connectivity index is 2.07. The quantitative estimate of drug-likeness (QED) is 0.720. The minimum Gasteiger partial charge on any atom is -0.496 e. The third-order valence-corrected chi connectivity index (χ3v) is 4.11. The Morgan fingerprint density at radius 2 is 1.78 bits per heavy atom. The summed E-state index contributed by atoms with van der Waals surface area (Å²) in [6.07, 6.45) is 0. The van der Waals surface area contributed by atoms with Crippen molar-refractivity contribution in [1.29, 1.82) is 0 Å². The van der Waals surface area contributed by atoms with Gasteiger partial charge in [-0.25, -0.2) is 0 Å². The van der Waals surface area contributed by atoms with Crippen molar-refractivity contribution in [2.24, 2.45) is 0 Å². The molecule has 146 valence electrons. The summed E-state index contributed by atoms with van der Waals surface area (Å²) >= 11 is 0. The molecule has 1 amide bonds. The lowest BCUT2D eigenvalue weighted by atomic mass is 10.0. The van der Waals surface area contributed by atoms with Crippen molar-refractivity contribution in [1.82, 2.24) is 5.32 Å². The Kier molecular flexibility index (Phi) is 7.12. The zero-order valence-electron chi connectivity index (χ0n) is 15.8. The second-order valence-corrected chi connectivity index (χ2v) is 6.22. The van der Waals surface area contributed by atoms with Crippen LogP contribution in [0.4, 0.5) is 14.5 Å². The van der Waals surface area contributed by atoms with Crippen molar-refractivity contribution >= 4 is 11.6 Å². The molecular formula is C20H24F2N2O3. The van der Waals surface area contributed by atoms with Gasteiger partial charge in [0.05, 0.1) is 18.8 Å². The zero-order valence-corrected chi connectivity index (χ0v) is 15.8. The maximum absolute atomic E-state index is 12.5. The molecule has 0 fully saturated rings. The molecule has 0 saturated heterocycles. The van der Waals surface area contributed by atoms with Crippen LogP contribution in [-0.2, 0) is 4.79 Å². The van der Waals surface area contributed by atoms with Gasteiger partial charge in [0, 0.05) is 11.6 Å². The molecule has 0 saturated carbocycles. The van der Waals surface area contributed by atoms with Gasteiger partial charge in [-0.1, -0.05) is 29.8 Å². The van der Waals surface area contributed by atoms with E-state index < -0.39 is 12.7 Å². The van der Waals surface area contributed by atoms with Gasteiger partial charge in [0.25, 0.3) is 0 Å². The number of nitrogens with one attached hydrogen (secondary N) is 2. The van der Waals surface area contributed by atoms with Crippen LogP contribution in [0.2, 0.25) is 0 Å². The SMILES string of the molecule is COc1ccc(C)cc1C(C)NC(C)C(=O)Nc1ccccc1OC(F)F. The number of hydrogen-bond acceptors (Lipinski definition) is 4. The van der Waals surface area contributed by atoms with Crippen LogP contribution in [0, 0.1) is 6.92 Å². The van der Waals surface area contributed by atoms with E-state index in [-0.39, 0.29) is 23.4 Å². The molecule has 0 radical (unpaired) electrons. The Hall–Kier alpha value is -2.67. The van der Waals surface area contributed by atoms with Crippen LogP contribution < -0.4 is 20.1 Å². The average Bonchev–Trinajstić information content (AvgIpc) is 2.62. The molecule has 0 aliphatic heterocycles. The third kappa shape index (κ3) is 5.65. The van der Waals surface area contributed by atoms with Crippen molar-refractivity contribution in [3.8, 4) is 11.5 Å². The van der Waals surface area contributed by atoms with E-state index in [4.69, 9.17) is 4.74 Å². The van der Waals surface area contributed by atoms with Gasteiger partial charge in [0.2, 0.25) is 5.91 Å². The van der Waals surface area contributed by atoms with Crippen molar-refractivity contribution in [3.63, 3.8) is 0 Å². The van der Waals surface area contributed by atoms with Gasteiger partial charge in [-0.05, 0) is 39.0 Å². The molecule has 0 bridgehead atoms. The number of anilines is 1. The molecule has 0 aliphatic rings. The number of halogens is 2. The summed E-state index contributed by atoms with van der Waals surface area (Å²) in [7, 11) is 1.59. The average molecular weight is 378 g/mol. The number of benzene rings is 2. The van der Waals surface area contributed by atoms with Crippen LogP contribution in [0.5, 0.6) is 11.5 Å². The molecule has 2 aromatic rings. The number of rotatable bonds is 8. The molecule has 0 aliphatic carbocycles. The first kappa shape index (κ1) is 20.6. The molecule has 2 aromatic carbocycles. The van der Waals surface area contributed by atoms with E-state index in [1.54, 1.807) is 26.2 Å². The van der Waals surface area contributed by atoms with E-state index in [1.807, 2.05) is 32.0 Å². The standard InChI is InChI=1S/C20H24F2N2O3/c1-12-9-10-17(26-4)15(11-12)13(2)23-14(3)19(25)24-16-7-5-6-8-18(16)27-20(21)22/h5-11,13-14,20,23H,1-4H3,(H,24,25).